The summed E-state index contributed by atoms with van der Waals surface area (Å²) in [7, 11) is 0. The zero-order valence-corrected chi connectivity index (χ0v) is 18.5. The SMILES string of the molecule is CC1=C(C)[C@H](N(c2ccccc2)c2ccccc2)N([C@@H](C)CCc2ccccc2)C1=O. The topological polar surface area (TPSA) is 23.6 Å². The summed E-state index contributed by atoms with van der Waals surface area (Å²) in [4.78, 5) is 17.8. The smallest absolute Gasteiger partial charge is 0.251 e. The van der Waals surface area contributed by atoms with Crippen LogP contribution in [0.1, 0.15) is 32.8 Å². The third-order valence-electron chi connectivity index (χ3n) is 6.28. The van der Waals surface area contributed by atoms with E-state index in [9.17, 15) is 4.79 Å². The van der Waals surface area contributed by atoms with Crippen molar-refractivity contribution in [3.8, 4) is 0 Å². The van der Waals surface area contributed by atoms with E-state index in [1.807, 2.05) is 25.1 Å². The molecule has 0 aliphatic carbocycles. The minimum Gasteiger partial charge on any atom is -0.317 e. The highest BCUT2D eigenvalue weighted by Gasteiger charge is 2.41. The first-order chi connectivity index (χ1) is 15.1. The van der Waals surface area contributed by atoms with E-state index in [4.69, 9.17) is 0 Å². The van der Waals surface area contributed by atoms with Crippen LogP contribution in [0.3, 0.4) is 0 Å². The zero-order valence-electron chi connectivity index (χ0n) is 18.5. The monoisotopic (exact) mass is 410 g/mol. The maximum absolute atomic E-state index is 13.4. The number of aryl methyl sites for hydroxylation is 1. The Morgan fingerprint density at radius 2 is 1.29 bits per heavy atom. The van der Waals surface area contributed by atoms with Gasteiger partial charge in [0.25, 0.3) is 5.91 Å². The Balaban J connectivity index is 1.70. The predicted molar refractivity (Wildman–Crippen MR) is 128 cm³/mol. The van der Waals surface area contributed by atoms with Crippen molar-refractivity contribution in [2.45, 2.75) is 45.8 Å². The highest BCUT2D eigenvalue weighted by molar-refractivity contribution is 5.98. The van der Waals surface area contributed by atoms with Crippen LogP contribution in [0, 0.1) is 0 Å². The van der Waals surface area contributed by atoms with Gasteiger partial charge < -0.3 is 9.80 Å². The van der Waals surface area contributed by atoms with Crippen molar-refractivity contribution in [3.05, 3.63) is 108 Å². The van der Waals surface area contributed by atoms with Gasteiger partial charge in [0.05, 0.1) is 0 Å². The number of anilines is 2. The molecular weight excluding hydrogens is 380 g/mol. The van der Waals surface area contributed by atoms with Crippen LogP contribution in [-0.2, 0) is 11.2 Å². The van der Waals surface area contributed by atoms with Crippen molar-refractivity contribution in [1.29, 1.82) is 0 Å². The third kappa shape index (κ3) is 4.27. The van der Waals surface area contributed by atoms with Crippen molar-refractivity contribution < 1.29 is 4.79 Å². The molecule has 1 aliphatic rings. The van der Waals surface area contributed by atoms with Gasteiger partial charge in [0.1, 0.15) is 6.17 Å². The Hall–Kier alpha value is -3.33. The van der Waals surface area contributed by atoms with Crippen LogP contribution in [0.4, 0.5) is 11.4 Å². The number of carbonyl (C=O) groups excluding carboxylic acids is 1. The molecule has 1 heterocycles. The molecule has 1 aliphatic heterocycles. The Labute approximate surface area is 185 Å². The summed E-state index contributed by atoms with van der Waals surface area (Å²) < 4.78 is 0. The average molecular weight is 411 g/mol. The summed E-state index contributed by atoms with van der Waals surface area (Å²) in [6.07, 6.45) is 1.74. The highest BCUT2D eigenvalue weighted by atomic mass is 16.2. The maximum Gasteiger partial charge on any atom is 0.251 e. The van der Waals surface area contributed by atoms with Crippen molar-refractivity contribution in [1.82, 2.24) is 4.90 Å². The fourth-order valence-corrected chi connectivity index (χ4v) is 4.40. The molecule has 0 radical (unpaired) electrons. The summed E-state index contributed by atoms with van der Waals surface area (Å²) in [5, 5.41) is 0. The molecular formula is C28H30N2O. The van der Waals surface area contributed by atoms with E-state index >= 15 is 0 Å². The summed E-state index contributed by atoms with van der Waals surface area (Å²) in [6, 6.07) is 31.4. The number of carbonyl (C=O) groups is 1. The lowest BCUT2D eigenvalue weighted by atomic mass is 10.0. The number of amides is 1. The normalized spacial score (nSPS) is 17.2. The molecule has 3 aromatic carbocycles. The fourth-order valence-electron chi connectivity index (χ4n) is 4.40. The predicted octanol–water partition coefficient (Wildman–Crippen LogP) is 6.35. The van der Waals surface area contributed by atoms with E-state index in [1.165, 1.54) is 5.56 Å². The summed E-state index contributed by atoms with van der Waals surface area (Å²) in [6.45, 7) is 6.23. The molecule has 31 heavy (non-hydrogen) atoms. The Morgan fingerprint density at radius 1 is 0.806 bits per heavy atom. The van der Waals surface area contributed by atoms with Crippen LogP contribution in [0.5, 0.6) is 0 Å². The van der Waals surface area contributed by atoms with Crippen LogP contribution in [0.15, 0.2) is 102 Å². The number of para-hydroxylation sites is 2. The number of hydrogen-bond acceptors (Lipinski definition) is 2. The van der Waals surface area contributed by atoms with Crippen LogP contribution < -0.4 is 4.90 Å². The number of rotatable bonds is 7. The van der Waals surface area contributed by atoms with Crippen LogP contribution in [0.2, 0.25) is 0 Å². The van der Waals surface area contributed by atoms with Gasteiger partial charge in [-0.2, -0.15) is 0 Å². The first-order valence-corrected chi connectivity index (χ1v) is 11.0. The van der Waals surface area contributed by atoms with Gasteiger partial charge in [-0.25, -0.2) is 0 Å². The third-order valence-corrected chi connectivity index (χ3v) is 6.28. The van der Waals surface area contributed by atoms with E-state index in [2.05, 4.69) is 96.4 Å². The lowest BCUT2D eigenvalue weighted by Crippen LogP contribution is -2.50. The van der Waals surface area contributed by atoms with E-state index in [0.717, 1.165) is 35.4 Å². The molecule has 3 heteroatoms. The summed E-state index contributed by atoms with van der Waals surface area (Å²) in [5.41, 5.74) is 5.45. The highest BCUT2D eigenvalue weighted by Crippen LogP contribution is 2.38. The van der Waals surface area contributed by atoms with Crippen molar-refractivity contribution >= 4 is 17.3 Å². The molecule has 0 saturated carbocycles. The van der Waals surface area contributed by atoms with Gasteiger partial charge in [-0.15, -0.1) is 0 Å². The summed E-state index contributed by atoms with van der Waals surface area (Å²) in [5.74, 6) is 0.139. The fraction of sp³-hybridized carbons (Fsp3) is 0.250. The van der Waals surface area contributed by atoms with Gasteiger partial charge in [0.15, 0.2) is 0 Å². The van der Waals surface area contributed by atoms with E-state index in [0.29, 0.717) is 0 Å². The zero-order chi connectivity index (χ0) is 21.8. The van der Waals surface area contributed by atoms with Gasteiger partial charge >= 0.3 is 0 Å². The Kier molecular flexibility index (Phi) is 6.22. The van der Waals surface area contributed by atoms with Crippen molar-refractivity contribution in [3.63, 3.8) is 0 Å². The quantitative estimate of drug-likeness (QED) is 0.453. The van der Waals surface area contributed by atoms with Crippen molar-refractivity contribution in [2.75, 3.05) is 4.90 Å². The average Bonchev–Trinajstić information content (AvgIpc) is 3.04. The molecule has 1 amide bonds. The van der Waals surface area contributed by atoms with E-state index in [-0.39, 0.29) is 18.1 Å². The first-order valence-electron chi connectivity index (χ1n) is 11.0. The van der Waals surface area contributed by atoms with Crippen LogP contribution >= 0.6 is 0 Å². The minimum atomic E-state index is -0.136. The molecule has 2 atom stereocenters. The van der Waals surface area contributed by atoms with Gasteiger partial charge in [0, 0.05) is 23.0 Å². The number of benzene rings is 3. The standard InChI is InChI=1S/C28H30N2O/c1-21(19-20-24-13-7-4-8-14-24)29-27(22(2)23(3)28(29)31)30(25-15-9-5-10-16-25)26-17-11-6-12-18-26/h4-18,21,27H,19-20H2,1-3H3/t21-,27-/m0/s1. The van der Waals surface area contributed by atoms with Gasteiger partial charge in [0.2, 0.25) is 0 Å². The molecule has 0 unspecified atom stereocenters. The maximum atomic E-state index is 13.4. The molecule has 0 N–H and O–H groups in total. The first kappa shape index (κ1) is 20.9. The largest absolute Gasteiger partial charge is 0.317 e. The molecule has 0 bridgehead atoms. The molecule has 158 valence electrons. The second kappa shape index (κ2) is 9.22. The van der Waals surface area contributed by atoms with Gasteiger partial charge in [-0.1, -0.05) is 66.7 Å². The van der Waals surface area contributed by atoms with Crippen molar-refractivity contribution in [2.24, 2.45) is 0 Å². The molecule has 0 aromatic heterocycles. The molecule has 4 rings (SSSR count). The number of hydrogen-bond donors (Lipinski definition) is 0. The molecule has 3 aromatic rings. The summed E-state index contributed by atoms with van der Waals surface area (Å²) >= 11 is 0. The van der Waals surface area contributed by atoms with Gasteiger partial charge in [-0.3, -0.25) is 4.79 Å². The van der Waals surface area contributed by atoms with Crippen LogP contribution in [-0.4, -0.2) is 23.0 Å². The Bertz CT molecular complexity index is 1000. The Morgan fingerprint density at radius 3 is 1.81 bits per heavy atom. The second-order valence-corrected chi connectivity index (χ2v) is 8.31. The van der Waals surface area contributed by atoms with Crippen LogP contribution in [0.25, 0.3) is 0 Å². The van der Waals surface area contributed by atoms with E-state index < -0.39 is 0 Å². The number of nitrogens with zero attached hydrogens (tertiary/aromatic N) is 2. The van der Waals surface area contributed by atoms with E-state index in [1.54, 1.807) is 0 Å². The molecule has 0 fully saturated rings. The van der Waals surface area contributed by atoms with Gasteiger partial charge in [-0.05, 0) is 69.0 Å². The molecule has 0 spiro atoms. The lowest BCUT2D eigenvalue weighted by molar-refractivity contribution is -0.129. The molecule has 0 saturated heterocycles. The molecule has 3 nitrogen and oxygen atoms in total. The minimum absolute atomic E-state index is 0.111. The second-order valence-electron chi connectivity index (χ2n) is 8.31. The lowest BCUT2D eigenvalue weighted by Gasteiger charge is -2.41.